The standard InChI is InChI=1S/C21H19F5N6O2S/c1-10-18-19(32(3)30-10)13-7-14(28-8-15(13)29-20(18)27)21(33)31(2)16-9-34-17-6-11(4-5-12(16)17)35(22,23,24,25)26/h4-8,16H,9H2,1-3H3,(H2,27,29)/t16-/m1/s1. The summed E-state index contributed by atoms with van der Waals surface area (Å²) in [6.45, 7) is 1.59. The molecule has 35 heavy (non-hydrogen) atoms. The second kappa shape index (κ2) is 6.50. The molecule has 8 nitrogen and oxygen atoms in total. The molecule has 1 aliphatic rings. The Labute approximate surface area is 195 Å². The third kappa shape index (κ3) is 3.68. The van der Waals surface area contributed by atoms with Gasteiger partial charge in [-0.2, -0.15) is 5.10 Å². The number of amides is 1. The van der Waals surface area contributed by atoms with Crippen LogP contribution in [-0.2, 0) is 7.05 Å². The summed E-state index contributed by atoms with van der Waals surface area (Å²) in [5, 5.41) is 5.61. The average molecular weight is 514 g/mol. The summed E-state index contributed by atoms with van der Waals surface area (Å²) in [6, 6.07) is 2.24. The Morgan fingerprint density at radius 1 is 1.23 bits per heavy atom. The summed E-state index contributed by atoms with van der Waals surface area (Å²) in [4.78, 5) is 21.0. The molecule has 2 N–H and O–H groups in total. The molecule has 5 rings (SSSR count). The van der Waals surface area contributed by atoms with Gasteiger partial charge < -0.3 is 15.4 Å². The molecule has 1 atom stereocenters. The van der Waals surface area contributed by atoms with Gasteiger partial charge in [0.1, 0.15) is 28.8 Å². The van der Waals surface area contributed by atoms with Gasteiger partial charge in [0, 0.05) is 31.1 Å². The first-order valence-corrected chi connectivity index (χ1v) is 12.2. The highest BCUT2D eigenvalue weighted by Crippen LogP contribution is 3.02. The minimum Gasteiger partial charge on any atom is -0.491 e. The number of carbonyl (C=O) groups is 1. The number of aromatic nitrogens is 4. The Bertz CT molecular complexity index is 1570. The number of hydrogen-bond donors (Lipinski definition) is 1. The van der Waals surface area contributed by atoms with Gasteiger partial charge in [-0.3, -0.25) is 9.48 Å². The van der Waals surface area contributed by atoms with Crippen LogP contribution in [0.3, 0.4) is 0 Å². The maximum absolute atomic E-state index is 13.3. The molecule has 0 unspecified atom stereocenters. The van der Waals surface area contributed by atoms with Crippen LogP contribution in [-0.4, -0.2) is 44.2 Å². The number of benzene rings is 1. The zero-order chi connectivity index (χ0) is 25.6. The number of likely N-dealkylation sites (N-methyl/N-ethyl adjacent to an activating group) is 1. The summed E-state index contributed by atoms with van der Waals surface area (Å²) < 4.78 is 72.7. The molecule has 0 aliphatic carbocycles. The molecule has 3 aromatic heterocycles. The minimum atomic E-state index is -9.86. The fourth-order valence-corrected chi connectivity index (χ4v) is 5.01. The smallest absolute Gasteiger partial charge is 0.310 e. The predicted molar refractivity (Wildman–Crippen MR) is 121 cm³/mol. The Morgan fingerprint density at radius 2 is 1.94 bits per heavy atom. The largest absolute Gasteiger partial charge is 0.491 e. The molecular weight excluding hydrogens is 495 g/mol. The van der Waals surface area contributed by atoms with Crippen molar-refractivity contribution >= 4 is 43.8 Å². The van der Waals surface area contributed by atoms with Crippen molar-refractivity contribution in [1.29, 1.82) is 0 Å². The lowest BCUT2D eigenvalue weighted by Gasteiger charge is -2.40. The third-order valence-corrected chi connectivity index (χ3v) is 7.20. The second-order valence-electron chi connectivity index (χ2n) is 8.43. The van der Waals surface area contributed by atoms with E-state index < -0.39 is 27.1 Å². The molecule has 186 valence electrons. The molecule has 0 bridgehead atoms. The first-order chi connectivity index (χ1) is 16.0. The van der Waals surface area contributed by atoms with Gasteiger partial charge in [0.15, 0.2) is 0 Å². The first kappa shape index (κ1) is 23.1. The molecule has 0 fully saturated rings. The maximum atomic E-state index is 13.3. The van der Waals surface area contributed by atoms with E-state index in [9.17, 15) is 24.2 Å². The van der Waals surface area contributed by atoms with Crippen molar-refractivity contribution in [2.45, 2.75) is 17.9 Å². The molecule has 4 aromatic rings. The highest BCUT2D eigenvalue weighted by atomic mass is 32.5. The van der Waals surface area contributed by atoms with Crippen molar-refractivity contribution < 1.29 is 29.0 Å². The number of nitrogens with zero attached hydrogens (tertiary/aromatic N) is 5. The average Bonchev–Trinajstić information content (AvgIpc) is 3.31. The van der Waals surface area contributed by atoms with E-state index in [-0.39, 0.29) is 35.5 Å². The molecule has 14 heteroatoms. The van der Waals surface area contributed by atoms with Crippen LogP contribution in [0, 0.1) is 6.92 Å². The van der Waals surface area contributed by atoms with Crippen molar-refractivity contribution in [3.63, 3.8) is 0 Å². The SMILES string of the molecule is Cc1nn(C)c2c1c(N)nc1cnc(C(=O)N(C)[C@@H]3COc4cc(S(F)(F)(F)(F)F)ccc43)cc12. The molecular formula is C21H19F5N6O2S. The van der Waals surface area contributed by atoms with Gasteiger partial charge >= 0.3 is 10.2 Å². The zero-order valence-electron chi connectivity index (χ0n) is 18.6. The summed E-state index contributed by atoms with van der Waals surface area (Å²) in [5.74, 6) is -0.616. The molecule has 1 amide bonds. The molecule has 0 saturated carbocycles. The van der Waals surface area contributed by atoms with Crippen LogP contribution in [0.25, 0.3) is 21.8 Å². The number of nitrogens with two attached hydrogens (primary N) is 1. The van der Waals surface area contributed by atoms with Crippen LogP contribution in [0.15, 0.2) is 35.4 Å². The van der Waals surface area contributed by atoms with E-state index in [1.807, 2.05) is 0 Å². The van der Waals surface area contributed by atoms with Crippen LogP contribution in [0.1, 0.15) is 27.8 Å². The Morgan fingerprint density at radius 3 is 2.63 bits per heavy atom. The quantitative estimate of drug-likeness (QED) is 0.374. The number of hydrogen-bond acceptors (Lipinski definition) is 6. The van der Waals surface area contributed by atoms with Crippen molar-refractivity contribution in [3.8, 4) is 5.75 Å². The third-order valence-electron chi connectivity index (χ3n) is 6.05. The van der Waals surface area contributed by atoms with Gasteiger partial charge in [-0.1, -0.05) is 25.5 Å². The van der Waals surface area contributed by atoms with E-state index in [0.29, 0.717) is 33.6 Å². The lowest BCUT2D eigenvalue weighted by molar-refractivity contribution is 0.0703. The van der Waals surface area contributed by atoms with Crippen LogP contribution < -0.4 is 10.5 Å². The Kier molecular flexibility index (Phi) is 4.29. The number of anilines is 1. The van der Waals surface area contributed by atoms with Gasteiger partial charge in [0.25, 0.3) is 5.91 Å². The van der Waals surface area contributed by atoms with E-state index in [4.69, 9.17) is 10.5 Å². The molecule has 0 spiro atoms. The number of nitrogen functional groups attached to an aromatic ring is 1. The van der Waals surface area contributed by atoms with Crippen LogP contribution in [0.4, 0.5) is 25.2 Å². The summed E-state index contributed by atoms with van der Waals surface area (Å²) in [7, 11) is -6.70. The Hall–Kier alpha value is -3.68. The predicted octanol–water partition coefficient (Wildman–Crippen LogP) is 5.27. The van der Waals surface area contributed by atoms with E-state index in [2.05, 4.69) is 15.1 Å². The number of aryl methyl sites for hydroxylation is 2. The number of fused-ring (bicyclic) bond motifs is 4. The van der Waals surface area contributed by atoms with Crippen molar-refractivity contribution in [1.82, 2.24) is 24.6 Å². The van der Waals surface area contributed by atoms with Crippen LogP contribution in [0.2, 0.25) is 0 Å². The van der Waals surface area contributed by atoms with Crippen molar-refractivity contribution in [2.24, 2.45) is 7.05 Å². The normalized spacial score (nSPS) is 17.7. The number of carbonyl (C=O) groups excluding carboxylic acids is 1. The fraction of sp³-hybridized carbons (Fsp3) is 0.238. The minimum absolute atomic E-state index is 0.0452. The number of ether oxygens (including phenoxy) is 1. The number of rotatable bonds is 3. The fourth-order valence-electron chi connectivity index (χ4n) is 4.36. The van der Waals surface area contributed by atoms with Gasteiger partial charge in [-0.15, -0.1) is 0 Å². The van der Waals surface area contributed by atoms with Gasteiger partial charge in [0.2, 0.25) is 0 Å². The maximum Gasteiger partial charge on any atom is 0.310 e. The zero-order valence-corrected chi connectivity index (χ0v) is 19.4. The van der Waals surface area contributed by atoms with Crippen LogP contribution >= 0.6 is 10.2 Å². The summed E-state index contributed by atoms with van der Waals surface area (Å²) >= 11 is 0. The van der Waals surface area contributed by atoms with E-state index in [1.165, 1.54) is 24.2 Å². The summed E-state index contributed by atoms with van der Waals surface area (Å²) in [5.41, 5.74) is 8.09. The number of halogens is 5. The molecule has 1 aromatic carbocycles. The van der Waals surface area contributed by atoms with Crippen molar-refractivity contribution in [3.05, 3.63) is 47.4 Å². The Balaban J connectivity index is 1.52. The lowest BCUT2D eigenvalue weighted by Crippen LogP contribution is -2.32. The van der Waals surface area contributed by atoms with Gasteiger partial charge in [-0.05, 0) is 19.1 Å². The van der Waals surface area contributed by atoms with E-state index in [0.717, 1.165) is 6.07 Å². The van der Waals surface area contributed by atoms with E-state index >= 15 is 0 Å². The first-order valence-electron chi connectivity index (χ1n) is 10.2. The molecule has 4 heterocycles. The summed E-state index contributed by atoms with van der Waals surface area (Å²) in [6.07, 6.45) is 1.40. The van der Waals surface area contributed by atoms with Gasteiger partial charge in [-0.25, -0.2) is 9.97 Å². The van der Waals surface area contributed by atoms with Gasteiger partial charge in [0.05, 0.1) is 34.4 Å². The highest BCUT2D eigenvalue weighted by molar-refractivity contribution is 8.45. The van der Waals surface area contributed by atoms with Crippen LogP contribution in [0.5, 0.6) is 5.75 Å². The second-order valence-corrected chi connectivity index (χ2v) is 10.8. The monoisotopic (exact) mass is 514 g/mol. The number of pyridine rings is 2. The lowest BCUT2D eigenvalue weighted by atomic mass is 10.1. The molecule has 0 saturated heterocycles. The highest BCUT2D eigenvalue weighted by Gasteiger charge is 2.65. The van der Waals surface area contributed by atoms with Crippen molar-refractivity contribution in [2.75, 3.05) is 19.4 Å². The van der Waals surface area contributed by atoms with E-state index in [1.54, 1.807) is 18.7 Å². The molecule has 1 aliphatic heterocycles. The molecule has 0 radical (unpaired) electrons. The topological polar surface area (TPSA) is 99.2 Å².